The molecule has 0 fully saturated rings. The third-order valence-corrected chi connectivity index (χ3v) is 4.66. The Hall–Kier alpha value is -1.63. The molecule has 2 aromatic rings. The molecule has 140 valence electrons. The molecule has 0 radical (unpaired) electrons. The van der Waals surface area contributed by atoms with Gasteiger partial charge in [0.15, 0.2) is 0 Å². The molecule has 6 heteroatoms. The molecule has 0 saturated carbocycles. The Kier molecular flexibility index (Phi) is 6.81. The molecule has 25 heavy (non-hydrogen) atoms. The highest BCUT2D eigenvalue weighted by Gasteiger charge is 2.22. The van der Waals surface area contributed by atoms with E-state index in [9.17, 15) is 0 Å². The second-order valence-electron chi connectivity index (χ2n) is 7.46. The Balaban J connectivity index is 0.00000225. The predicted octanol–water partition coefficient (Wildman–Crippen LogP) is 2.65. The van der Waals surface area contributed by atoms with Gasteiger partial charge in [0.1, 0.15) is 11.6 Å². The Morgan fingerprint density at radius 2 is 2.00 bits per heavy atom. The van der Waals surface area contributed by atoms with Gasteiger partial charge < -0.3 is 25.3 Å². The molecule has 0 aliphatic carbocycles. The molecule has 1 aromatic carbocycles. The van der Waals surface area contributed by atoms with E-state index in [2.05, 4.69) is 54.7 Å². The van der Waals surface area contributed by atoms with E-state index in [0.717, 1.165) is 50.3 Å². The zero-order valence-electron chi connectivity index (χ0n) is 16.2. The van der Waals surface area contributed by atoms with Crippen LogP contribution in [0.3, 0.4) is 0 Å². The lowest BCUT2D eigenvalue weighted by Crippen LogP contribution is -2.29. The van der Waals surface area contributed by atoms with Gasteiger partial charge in [-0.3, -0.25) is 0 Å². The Morgan fingerprint density at radius 3 is 2.72 bits per heavy atom. The number of fused-ring (bicyclic) bond motifs is 3. The van der Waals surface area contributed by atoms with Crippen LogP contribution in [0.25, 0.3) is 11.0 Å². The standard InChI is InChI=1S/C19H30N4O.H3N/c1-21(2)10-5-11-24-16-7-8-17-18(12-16)23-14-15(13-22(3)4)6-9-19(23)20-17;/h7-8,12,15H,5-6,9-11,13-14H2,1-4H3;1H3. The van der Waals surface area contributed by atoms with Gasteiger partial charge in [-0.15, -0.1) is 0 Å². The fourth-order valence-corrected chi connectivity index (χ4v) is 3.56. The van der Waals surface area contributed by atoms with E-state index in [1.807, 2.05) is 6.07 Å². The molecule has 1 unspecified atom stereocenters. The maximum Gasteiger partial charge on any atom is 0.121 e. The Bertz CT molecular complexity index is 680. The highest BCUT2D eigenvalue weighted by molar-refractivity contribution is 5.78. The summed E-state index contributed by atoms with van der Waals surface area (Å²) in [6, 6.07) is 6.32. The van der Waals surface area contributed by atoms with Gasteiger partial charge in [-0.1, -0.05) is 0 Å². The lowest BCUT2D eigenvalue weighted by molar-refractivity contribution is 0.268. The van der Waals surface area contributed by atoms with Crippen LogP contribution in [-0.2, 0) is 13.0 Å². The van der Waals surface area contributed by atoms with Crippen LogP contribution in [0.15, 0.2) is 18.2 Å². The third kappa shape index (κ3) is 4.93. The lowest BCUT2D eigenvalue weighted by atomic mass is 9.99. The first-order chi connectivity index (χ1) is 11.5. The monoisotopic (exact) mass is 347 g/mol. The topological polar surface area (TPSA) is 68.5 Å². The quantitative estimate of drug-likeness (QED) is 0.780. The zero-order chi connectivity index (χ0) is 17.1. The molecule has 3 rings (SSSR count). The molecule has 3 N–H and O–H groups in total. The van der Waals surface area contributed by atoms with Crippen LogP contribution in [0.1, 0.15) is 18.7 Å². The SMILES string of the molecule is CN(C)CCCOc1ccc2nc3n(c2c1)CC(CN(C)C)CC3.N. The Labute approximate surface area is 151 Å². The molecule has 6 nitrogen and oxygen atoms in total. The summed E-state index contributed by atoms with van der Waals surface area (Å²) in [5, 5.41) is 0. The highest BCUT2D eigenvalue weighted by Crippen LogP contribution is 2.28. The fraction of sp³-hybridized carbons (Fsp3) is 0.632. The van der Waals surface area contributed by atoms with Gasteiger partial charge in [-0.25, -0.2) is 4.98 Å². The molecule has 0 spiro atoms. The normalized spacial score (nSPS) is 17.0. The van der Waals surface area contributed by atoms with Crippen LogP contribution in [0.2, 0.25) is 0 Å². The molecule has 2 heterocycles. The lowest BCUT2D eigenvalue weighted by Gasteiger charge is -2.26. The molecular weight excluding hydrogens is 314 g/mol. The van der Waals surface area contributed by atoms with Crippen molar-refractivity contribution in [2.75, 3.05) is 47.9 Å². The van der Waals surface area contributed by atoms with E-state index < -0.39 is 0 Å². The minimum Gasteiger partial charge on any atom is -0.493 e. The van der Waals surface area contributed by atoms with Crippen molar-refractivity contribution >= 4 is 11.0 Å². The summed E-state index contributed by atoms with van der Waals surface area (Å²) < 4.78 is 8.34. The van der Waals surface area contributed by atoms with Crippen molar-refractivity contribution < 1.29 is 4.74 Å². The first-order valence-corrected chi connectivity index (χ1v) is 8.94. The van der Waals surface area contributed by atoms with Gasteiger partial charge in [-0.05, 0) is 59.1 Å². The molecule has 0 saturated heterocycles. The third-order valence-electron chi connectivity index (χ3n) is 4.66. The molecular formula is C19H33N5O. The number of benzene rings is 1. The number of nitrogens with zero attached hydrogens (tertiary/aromatic N) is 4. The van der Waals surface area contributed by atoms with Gasteiger partial charge in [0.25, 0.3) is 0 Å². The predicted molar refractivity (Wildman–Crippen MR) is 104 cm³/mol. The summed E-state index contributed by atoms with van der Waals surface area (Å²) in [6.07, 6.45) is 3.35. The molecule has 0 bridgehead atoms. The van der Waals surface area contributed by atoms with Crippen LogP contribution >= 0.6 is 0 Å². The van der Waals surface area contributed by atoms with E-state index >= 15 is 0 Å². The van der Waals surface area contributed by atoms with Crippen molar-refractivity contribution in [3.63, 3.8) is 0 Å². The second-order valence-corrected chi connectivity index (χ2v) is 7.46. The summed E-state index contributed by atoms with van der Waals surface area (Å²) >= 11 is 0. The van der Waals surface area contributed by atoms with Crippen molar-refractivity contribution in [1.82, 2.24) is 25.5 Å². The zero-order valence-corrected chi connectivity index (χ0v) is 16.2. The van der Waals surface area contributed by atoms with Crippen molar-refractivity contribution in [3.05, 3.63) is 24.0 Å². The van der Waals surface area contributed by atoms with Crippen molar-refractivity contribution in [2.24, 2.45) is 5.92 Å². The minimum atomic E-state index is 0. The number of aryl methyl sites for hydroxylation is 1. The molecule has 1 atom stereocenters. The van der Waals surface area contributed by atoms with E-state index in [-0.39, 0.29) is 6.15 Å². The number of ether oxygens (including phenoxy) is 1. The first kappa shape index (κ1) is 19.7. The van der Waals surface area contributed by atoms with E-state index in [1.165, 1.54) is 17.8 Å². The van der Waals surface area contributed by atoms with Crippen molar-refractivity contribution in [2.45, 2.75) is 25.8 Å². The summed E-state index contributed by atoms with van der Waals surface area (Å²) in [4.78, 5) is 9.29. The van der Waals surface area contributed by atoms with Crippen molar-refractivity contribution in [3.8, 4) is 5.75 Å². The second kappa shape index (κ2) is 8.65. The molecule has 0 amide bonds. The number of aromatic nitrogens is 2. The average molecular weight is 348 g/mol. The van der Waals surface area contributed by atoms with Crippen LogP contribution in [0, 0.1) is 5.92 Å². The Morgan fingerprint density at radius 1 is 1.20 bits per heavy atom. The summed E-state index contributed by atoms with van der Waals surface area (Å²) in [5.41, 5.74) is 2.31. The van der Waals surface area contributed by atoms with Gasteiger partial charge in [0.05, 0.1) is 17.6 Å². The van der Waals surface area contributed by atoms with Crippen LogP contribution < -0.4 is 10.9 Å². The van der Waals surface area contributed by atoms with E-state index in [4.69, 9.17) is 9.72 Å². The summed E-state index contributed by atoms with van der Waals surface area (Å²) in [6.45, 7) is 4.01. The number of rotatable bonds is 7. The number of hydrogen-bond acceptors (Lipinski definition) is 5. The van der Waals surface area contributed by atoms with Crippen molar-refractivity contribution in [1.29, 1.82) is 0 Å². The average Bonchev–Trinajstić information content (AvgIpc) is 2.88. The maximum absolute atomic E-state index is 5.94. The smallest absolute Gasteiger partial charge is 0.121 e. The first-order valence-electron chi connectivity index (χ1n) is 8.94. The fourth-order valence-electron chi connectivity index (χ4n) is 3.56. The minimum absolute atomic E-state index is 0. The number of hydrogen-bond donors (Lipinski definition) is 1. The molecule has 1 aliphatic rings. The van der Waals surface area contributed by atoms with Gasteiger partial charge in [0.2, 0.25) is 0 Å². The molecule has 1 aliphatic heterocycles. The van der Waals surface area contributed by atoms with Gasteiger partial charge in [-0.2, -0.15) is 0 Å². The van der Waals surface area contributed by atoms with Crippen LogP contribution in [0.4, 0.5) is 0 Å². The van der Waals surface area contributed by atoms with E-state index in [0.29, 0.717) is 5.92 Å². The van der Waals surface area contributed by atoms with Crippen LogP contribution in [-0.4, -0.2) is 67.2 Å². The largest absolute Gasteiger partial charge is 0.493 e. The molecule has 1 aromatic heterocycles. The highest BCUT2D eigenvalue weighted by atomic mass is 16.5. The summed E-state index contributed by atoms with van der Waals surface area (Å²) in [7, 11) is 8.49. The maximum atomic E-state index is 5.94. The summed E-state index contributed by atoms with van der Waals surface area (Å²) in [5.74, 6) is 2.89. The number of imidazole rings is 1. The van der Waals surface area contributed by atoms with Crippen LogP contribution in [0.5, 0.6) is 5.75 Å². The van der Waals surface area contributed by atoms with Gasteiger partial charge in [0, 0.05) is 32.1 Å². The van der Waals surface area contributed by atoms with Gasteiger partial charge >= 0.3 is 0 Å². The van der Waals surface area contributed by atoms with E-state index in [1.54, 1.807) is 0 Å².